The molecule has 0 atom stereocenters. The third kappa shape index (κ3) is 3.56. The van der Waals surface area contributed by atoms with Crippen LogP contribution in [-0.2, 0) is 6.54 Å². The first kappa shape index (κ1) is 13.6. The highest BCUT2D eigenvalue weighted by Crippen LogP contribution is 2.23. The van der Waals surface area contributed by atoms with E-state index in [1.54, 1.807) is 0 Å². The van der Waals surface area contributed by atoms with Gasteiger partial charge in [-0.1, -0.05) is 18.2 Å². The van der Waals surface area contributed by atoms with E-state index in [0.29, 0.717) is 0 Å². The summed E-state index contributed by atoms with van der Waals surface area (Å²) in [6.45, 7) is 6.42. The Kier molecular flexibility index (Phi) is 4.79. The smallest absolute Gasteiger partial charge is 0.0540 e. The van der Waals surface area contributed by atoms with Crippen molar-refractivity contribution in [3.05, 3.63) is 34.9 Å². The first-order chi connectivity index (χ1) is 8.66. The lowest BCUT2D eigenvalue weighted by molar-refractivity contribution is 0.108. The summed E-state index contributed by atoms with van der Waals surface area (Å²) in [5, 5.41) is 13.1. The van der Waals surface area contributed by atoms with Crippen LogP contribution in [0.25, 0.3) is 0 Å². The summed E-state index contributed by atoms with van der Waals surface area (Å²) >= 11 is 0. The van der Waals surface area contributed by atoms with Gasteiger partial charge in [-0.15, -0.1) is 0 Å². The lowest BCUT2D eigenvalue weighted by atomic mass is 9.87. The minimum Gasteiger partial charge on any atom is -0.393 e. The molecule has 100 valence electrons. The van der Waals surface area contributed by atoms with Gasteiger partial charge in [0.1, 0.15) is 0 Å². The molecule has 0 bridgehead atoms. The monoisotopic (exact) mass is 247 g/mol. The van der Waals surface area contributed by atoms with Gasteiger partial charge in [0.25, 0.3) is 0 Å². The van der Waals surface area contributed by atoms with Crippen LogP contribution < -0.4 is 5.32 Å². The van der Waals surface area contributed by atoms with Crippen molar-refractivity contribution in [1.29, 1.82) is 0 Å². The van der Waals surface area contributed by atoms with Crippen LogP contribution in [0.1, 0.15) is 42.4 Å². The van der Waals surface area contributed by atoms with Crippen molar-refractivity contribution in [3.63, 3.8) is 0 Å². The summed E-state index contributed by atoms with van der Waals surface area (Å²) < 4.78 is 0. The molecule has 2 rings (SSSR count). The third-order valence-electron chi connectivity index (χ3n) is 4.20. The Bertz CT molecular complexity index is 360. The van der Waals surface area contributed by atoms with E-state index in [2.05, 4.69) is 37.4 Å². The molecule has 2 heteroatoms. The van der Waals surface area contributed by atoms with Gasteiger partial charge in [-0.05, 0) is 68.7 Å². The predicted molar refractivity (Wildman–Crippen MR) is 75.6 cm³/mol. The number of aryl methyl sites for hydroxylation is 2. The van der Waals surface area contributed by atoms with Crippen LogP contribution >= 0.6 is 0 Å². The summed E-state index contributed by atoms with van der Waals surface area (Å²) in [5.74, 6) is 0.748. The molecule has 0 saturated heterocycles. The van der Waals surface area contributed by atoms with Crippen LogP contribution in [0.2, 0.25) is 0 Å². The van der Waals surface area contributed by atoms with Crippen LogP contribution in [0.4, 0.5) is 0 Å². The average Bonchev–Trinajstić information content (AvgIpc) is 2.35. The highest BCUT2D eigenvalue weighted by Gasteiger charge is 2.18. The molecular formula is C16H25NO. The molecule has 1 saturated carbocycles. The molecule has 0 spiro atoms. The maximum absolute atomic E-state index is 9.48. The van der Waals surface area contributed by atoms with E-state index >= 15 is 0 Å². The third-order valence-corrected chi connectivity index (χ3v) is 4.20. The Morgan fingerprint density at radius 3 is 2.33 bits per heavy atom. The highest BCUT2D eigenvalue weighted by molar-refractivity contribution is 5.33. The molecule has 1 fully saturated rings. The fourth-order valence-electron chi connectivity index (χ4n) is 2.88. The maximum atomic E-state index is 9.48. The van der Waals surface area contributed by atoms with Gasteiger partial charge in [0.15, 0.2) is 0 Å². The lowest BCUT2D eigenvalue weighted by Gasteiger charge is -2.25. The van der Waals surface area contributed by atoms with Gasteiger partial charge in [0, 0.05) is 6.54 Å². The number of rotatable bonds is 4. The molecular weight excluding hydrogens is 222 g/mol. The minimum atomic E-state index is -0.0418. The van der Waals surface area contributed by atoms with E-state index in [1.807, 2.05) is 0 Å². The van der Waals surface area contributed by atoms with E-state index in [9.17, 15) is 5.11 Å². The quantitative estimate of drug-likeness (QED) is 0.857. The number of benzene rings is 1. The van der Waals surface area contributed by atoms with E-state index in [1.165, 1.54) is 29.5 Å². The van der Waals surface area contributed by atoms with Crippen molar-refractivity contribution in [2.24, 2.45) is 5.92 Å². The lowest BCUT2D eigenvalue weighted by Crippen LogP contribution is -2.28. The zero-order chi connectivity index (χ0) is 13.0. The Balaban J connectivity index is 1.78. The normalized spacial score (nSPS) is 24.2. The number of aliphatic hydroxyl groups is 1. The molecule has 1 aromatic rings. The van der Waals surface area contributed by atoms with Gasteiger partial charge in [-0.3, -0.25) is 0 Å². The van der Waals surface area contributed by atoms with Gasteiger partial charge in [0.2, 0.25) is 0 Å². The molecule has 0 heterocycles. The van der Waals surface area contributed by atoms with Gasteiger partial charge in [0.05, 0.1) is 6.10 Å². The molecule has 1 aliphatic carbocycles. The molecule has 1 aromatic carbocycles. The van der Waals surface area contributed by atoms with Crippen molar-refractivity contribution in [1.82, 2.24) is 5.32 Å². The zero-order valence-corrected chi connectivity index (χ0v) is 11.6. The second-order valence-corrected chi connectivity index (χ2v) is 5.68. The fraction of sp³-hybridized carbons (Fsp3) is 0.625. The fourth-order valence-corrected chi connectivity index (χ4v) is 2.88. The molecule has 0 amide bonds. The molecule has 0 unspecified atom stereocenters. The first-order valence-electron chi connectivity index (χ1n) is 7.10. The molecule has 1 aliphatic rings. The summed E-state index contributed by atoms with van der Waals surface area (Å²) in [6, 6.07) is 6.48. The summed E-state index contributed by atoms with van der Waals surface area (Å²) in [4.78, 5) is 0. The molecule has 0 aliphatic heterocycles. The van der Waals surface area contributed by atoms with Crippen LogP contribution in [0.15, 0.2) is 18.2 Å². The Morgan fingerprint density at radius 1 is 1.11 bits per heavy atom. The SMILES string of the molecule is Cc1cccc(C)c1CNCC1CCC(O)CC1. The van der Waals surface area contributed by atoms with Crippen molar-refractivity contribution in [2.75, 3.05) is 6.54 Å². The number of nitrogens with one attached hydrogen (secondary N) is 1. The van der Waals surface area contributed by atoms with Crippen molar-refractivity contribution >= 4 is 0 Å². The average molecular weight is 247 g/mol. The van der Waals surface area contributed by atoms with Crippen molar-refractivity contribution in [2.45, 2.75) is 52.2 Å². The molecule has 0 aromatic heterocycles. The van der Waals surface area contributed by atoms with Crippen LogP contribution in [0.3, 0.4) is 0 Å². The first-order valence-corrected chi connectivity index (χ1v) is 7.10. The predicted octanol–water partition coefficient (Wildman–Crippen LogP) is 2.94. The van der Waals surface area contributed by atoms with Gasteiger partial charge < -0.3 is 10.4 Å². The van der Waals surface area contributed by atoms with Gasteiger partial charge in [-0.25, -0.2) is 0 Å². The summed E-state index contributed by atoms with van der Waals surface area (Å²) in [5.41, 5.74) is 4.19. The Hall–Kier alpha value is -0.860. The molecule has 2 N–H and O–H groups in total. The highest BCUT2D eigenvalue weighted by atomic mass is 16.3. The van der Waals surface area contributed by atoms with Crippen molar-refractivity contribution < 1.29 is 5.11 Å². The van der Waals surface area contributed by atoms with Gasteiger partial charge >= 0.3 is 0 Å². The maximum Gasteiger partial charge on any atom is 0.0540 e. The molecule has 18 heavy (non-hydrogen) atoms. The van der Waals surface area contributed by atoms with E-state index in [4.69, 9.17) is 0 Å². The second kappa shape index (κ2) is 6.35. The standard InChI is InChI=1S/C16H25NO/c1-12-4-3-5-13(2)16(12)11-17-10-14-6-8-15(18)9-7-14/h3-5,14-15,17-18H,6-11H2,1-2H3. The Morgan fingerprint density at radius 2 is 1.72 bits per heavy atom. The number of aliphatic hydroxyl groups excluding tert-OH is 1. The summed E-state index contributed by atoms with van der Waals surface area (Å²) in [6.07, 6.45) is 4.26. The van der Waals surface area contributed by atoms with Crippen LogP contribution in [0.5, 0.6) is 0 Å². The molecule has 2 nitrogen and oxygen atoms in total. The molecule has 0 radical (unpaired) electrons. The topological polar surface area (TPSA) is 32.3 Å². The van der Waals surface area contributed by atoms with E-state index in [-0.39, 0.29) is 6.10 Å². The zero-order valence-electron chi connectivity index (χ0n) is 11.6. The second-order valence-electron chi connectivity index (χ2n) is 5.68. The number of hydrogen-bond donors (Lipinski definition) is 2. The van der Waals surface area contributed by atoms with E-state index < -0.39 is 0 Å². The minimum absolute atomic E-state index is 0.0418. The van der Waals surface area contributed by atoms with E-state index in [0.717, 1.165) is 31.8 Å². The van der Waals surface area contributed by atoms with Crippen LogP contribution in [-0.4, -0.2) is 17.8 Å². The van der Waals surface area contributed by atoms with Crippen molar-refractivity contribution in [3.8, 4) is 0 Å². The van der Waals surface area contributed by atoms with Crippen LogP contribution in [0, 0.1) is 19.8 Å². The largest absolute Gasteiger partial charge is 0.393 e. The Labute approximate surface area is 110 Å². The summed E-state index contributed by atoms with van der Waals surface area (Å²) in [7, 11) is 0. The van der Waals surface area contributed by atoms with Gasteiger partial charge in [-0.2, -0.15) is 0 Å². The number of hydrogen-bond acceptors (Lipinski definition) is 2.